The highest BCUT2D eigenvalue weighted by atomic mass is 32.2. The fourth-order valence-corrected chi connectivity index (χ4v) is 3.68. The smallest absolute Gasteiger partial charge is 0.248 e. The van der Waals surface area contributed by atoms with E-state index in [1.165, 1.54) is 42.4 Å². The highest BCUT2D eigenvalue weighted by molar-refractivity contribution is 7.89. The lowest BCUT2D eigenvalue weighted by Gasteiger charge is -2.12. The van der Waals surface area contributed by atoms with Crippen LogP contribution >= 0.6 is 11.3 Å². The Hall–Kier alpha value is -2.63. The Morgan fingerprint density at radius 2 is 2.08 bits per heavy atom. The Bertz CT molecular complexity index is 1010. The van der Waals surface area contributed by atoms with Crippen molar-refractivity contribution in [3.05, 3.63) is 41.8 Å². The second kappa shape index (κ2) is 7.32. The molecule has 3 rings (SSSR count). The number of hydrogen-bond donors (Lipinski definition) is 1. The summed E-state index contributed by atoms with van der Waals surface area (Å²) in [5.41, 5.74) is 0.372. The first-order valence-corrected chi connectivity index (χ1v) is 9.82. The summed E-state index contributed by atoms with van der Waals surface area (Å²) in [5, 5.41) is 16.5. The number of tetrazole rings is 1. The van der Waals surface area contributed by atoms with Crippen LogP contribution in [0.1, 0.15) is 0 Å². The van der Waals surface area contributed by atoms with E-state index in [1.807, 2.05) is 17.5 Å². The summed E-state index contributed by atoms with van der Waals surface area (Å²) >= 11 is 1.48. The van der Waals surface area contributed by atoms with Gasteiger partial charge in [0.15, 0.2) is 0 Å². The molecule has 0 atom stereocenters. The molecule has 0 unspecified atom stereocenters. The average Bonchev–Trinajstić information content (AvgIpc) is 3.26. The molecule has 0 fully saturated rings. The number of nitrogens with one attached hydrogen (secondary N) is 1. The summed E-state index contributed by atoms with van der Waals surface area (Å²) in [6, 6.07) is 9.79. The lowest BCUT2D eigenvalue weighted by atomic mass is 10.3. The average molecular weight is 392 g/mol. The van der Waals surface area contributed by atoms with Gasteiger partial charge in [0.25, 0.3) is 0 Å². The van der Waals surface area contributed by atoms with E-state index < -0.39 is 10.0 Å². The lowest BCUT2D eigenvalue weighted by Crippen LogP contribution is -2.23. The molecule has 26 heavy (non-hydrogen) atoms. The molecule has 2 heterocycles. The Kier molecular flexibility index (Phi) is 5.11. The largest absolute Gasteiger partial charge is 0.324 e. The maximum Gasteiger partial charge on any atom is 0.248 e. The maximum absolute atomic E-state index is 12.2. The number of anilines is 1. The SMILES string of the molecule is CN(C)S(=O)(=O)c1cccc(NC(=O)Cn2nnc(-c3cccs3)n2)c1. The number of thiophene rings is 1. The van der Waals surface area contributed by atoms with Gasteiger partial charge in [0.2, 0.25) is 21.8 Å². The predicted octanol–water partition coefficient (Wildman–Crippen LogP) is 1.29. The van der Waals surface area contributed by atoms with E-state index in [2.05, 4.69) is 20.7 Å². The quantitative estimate of drug-likeness (QED) is 0.677. The molecule has 1 amide bonds. The predicted molar refractivity (Wildman–Crippen MR) is 97.1 cm³/mol. The van der Waals surface area contributed by atoms with Gasteiger partial charge in [0.1, 0.15) is 6.54 Å². The minimum atomic E-state index is -3.57. The summed E-state index contributed by atoms with van der Waals surface area (Å²) in [6.07, 6.45) is 0. The van der Waals surface area contributed by atoms with Crippen LogP contribution in [0, 0.1) is 0 Å². The maximum atomic E-state index is 12.2. The van der Waals surface area contributed by atoms with Crippen molar-refractivity contribution in [2.24, 2.45) is 0 Å². The third kappa shape index (κ3) is 3.95. The van der Waals surface area contributed by atoms with Crippen LogP contribution < -0.4 is 5.32 Å². The molecule has 0 saturated carbocycles. The first-order chi connectivity index (χ1) is 12.4. The first-order valence-electron chi connectivity index (χ1n) is 7.50. The van der Waals surface area contributed by atoms with E-state index in [9.17, 15) is 13.2 Å². The molecule has 0 aliphatic heterocycles. The molecule has 0 aliphatic rings. The number of benzene rings is 1. The van der Waals surface area contributed by atoms with E-state index in [4.69, 9.17) is 0 Å². The third-order valence-corrected chi connectivity index (χ3v) is 6.05. The number of rotatable bonds is 6. The van der Waals surface area contributed by atoms with Crippen molar-refractivity contribution >= 4 is 33.0 Å². The van der Waals surface area contributed by atoms with Crippen molar-refractivity contribution in [3.63, 3.8) is 0 Å². The summed E-state index contributed by atoms with van der Waals surface area (Å²) < 4.78 is 25.4. The number of carbonyl (C=O) groups excluding carboxylic acids is 1. The van der Waals surface area contributed by atoms with Gasteiger partial charge in [-0.25, -0.2) is 12.7 Å². The van der Waals surface area contributed by atoms with Gasteiger partial charge in [-0.1, -0.05) is 12.1 Å². The van der Waals surface area contributed by atoms with Gasteiger partial charge in [-0.2, -0.15) is 4.80 Å². The monoisotopic (exact) mass is 392 g/mol. The Labute approximate surface area is 154 Å². The minimum Gasteiger partial charge on any atom is -0.324 e. The van der Waals surface area contributed by atoms with Crippen LogP contribution in [0.3, 0.4) is 0 Å². The summed E-state index contributed by atoms with van der Waals surface area (Å²) in [4.78, 5) is 14.3. The van der Waals surface area contributed by atoms with E-state index in [0.717, 1.165) is 9.18 Å². The number of carbonyl (C=O) groups is 1. The topological polar surface area (TPSA) is 110 Å². The molecule has 9 nitrogen and oxygen atoms in total. The van der Waals surface area contributed by atoms with Gasteiger partial charge < -0.3 is 5.32 Å². The fraction of sp³-hybridized carbons (Fsp3) is 0.200. The molecule has 2 aromatic heterocycles. The molecule has 0 saturated heterocycles. The Morgan fingerprint density at radius 3 is 2.77 bits per heavy atom. The van der Waals surface area contributed by atoms with E-state index >= 15 is 0 Å². The Morgan fingerprint density at radius 1 is 1.27 bits per heavy atom. The summed E-state index contributed by atoms with van der Waals surface area (Å²) in [7, 11) is -0.679. The van der Waals surface area contributed by atoms with E-state index in [0.29, 0.717) is 11.5 Å². The van der Waals surface area contributed by atoms with Gasteiger partial charge in [-0.15, -0.1) is 21.5 Å². The molecule has 136 valence electrons. The molecule has 0 spiro atoms. The molecule has 11 heteroatoms. The van der Waals surface area contributed by atoms with Crippen LogP contribution in [0.25, 0.3) is 10.7 Å². The van der Waals surface area contributed by atoms with Crippen molar-refractivity contribution in [1.29, 1.82) is 0 Å². The van der Waals surface area contributed by atoms with Gasteiger partial charge in [-0.3, -0.25) is 4.79 Å². The van der Waals surface area contributed by atoms with Crippen molar-refractivity contribution in [2.45, 2.75) is 11.4 Å². The standard InChI is InChI=1S/C15H16N6O3S2/c1-20(2)26(23,24)12-6-3-5-11(9-12)16-14(22)10-21-18-15(17-19-21)13-7-4-8-25-13/h3-9H,10H2,1-2H3,(H,16,22). The van der Waals surface area contributed by atoms with E-state index in [-0.39, 0.29) is 17.3 Å². The molecule has 0 radical (unpaired) electrons. The number of sulfonamides is 1. The molecular formula is C15H16N6O3S2. The van der Waals surface area contributed by atoms with Crippen molar-refractivity contribution in [1.82, 2.24) is 24.5 Å². The molecular weight excluding hydrogens is 376 g/mol. The third-order valence-electron chi connectivity index (χ3n) is 3.38. The summed E-state index contributed by atoms with van der Waals surface area (Å²) in [6.45, 7) is -0.136. The molecule has 3 aromatic rings. The van der Waals surface area contributed by atoms with Crippen LogP contribution in [-0.4, -0.2) is 52.9 Å². The van der Waals surface area contributed by atoms with Gasteiger partial charge in [0.05, 0.1) is 9.77 Å². The normalized spacial score (nSPS) is 11.7. The van der Waals surface area contributed by atoms with Crippen molar-refractivity contribution < 1.29 is 13.2 Å². The zero-order valence-corrected chi connectivity index (χ0v) is 15.7. The van der Waals surface area contributed by atoms with Gasteiger partial charge in [-0.05, 0) is 34.9 Å². The van der Waals surface area contributed by atoms with Crippen LogP contribution in [-0.2, 0) is 21.4 Å². The number of amides is 1. The fourth-order valence-electron chi connectivity index (χ4n) is 2.09. The zero-order chi connectivity index (χ0) is 18.7. The van der Waals surface area contributed by atoms with Crippen LogP contribution in [0.2, 0.25) is 0 Å². The highest BCUT2D eigenvalue weighted by Crippen LogP contribution is 2.20. The zero-order valence-electron chi connectivity index (χ0n) is 14.0. The van der Waals surface area contributed by atoms with Crippen molar-refractivity contribution in [2.75, 3.05) is 19.4 Å². The van der Waals surface area contributed by atoms with Crippen LogP contribution in [0.4, 0.5) is 5.69 Å². The lowest BCUT2D eigenvalue weighted by molar-refractivity contribution is -0.117. The van der Waals surface area contributed by atoms with Gasteiger partial charge in [0, 0.05) is 19.8 Å². The second-order valence-electron chi connectivity index (χ2n) is 5.48. The van der Waals surface area contributed by atoms with Crippen molar-refractivity contribution in [3.8, 4) is 10.7 Å². The number of aromatic nitrogens is 4. The van der Waals surface area contributed by atoms with E-state index in [1.54, 1.807) is 12.1 Å². The molecule has 1 N–H and O–H groups in total. The number of nitrogens with zero attached hydrogens (tertiary/aromatic N) is 5. The molecule has 0 bridgehead atoms. The second-order valence-corrected chi connectivity index (χ2v) is 8.58. The first kappa shape index (κ1) is 18.2. The minimum absolute atomic E-state index is 0.0964. The van der Waals surface area contributed by atoms with Gasteiger partial charge >= 0.3 is 0 Å². The number of hydrogen-bond acceptors (Lipinski definition) is 7. The van der Waals surface area contributed by atoms with Crippen LogP contribution in [0.5, 0.6) is 0 Å². The Balaban J connectivity index is 1.69. The summed E-state index contributed by atoms with van der Waals surface area (Å²) in [5.74, 6) is 0.0615. The van der Waals surface area contributed by atoms with Crippen LogP contribution in [0.15, 0.2) is 46.7 Å². The highest BCUT2D eigenvalue weighted by Gasteiger charge is 2.18. The molecule has 0 aliphatic carbocycles. The molecule has 1 aromatic carbocycles.